The second-order valence-corrected chi connectivity index (χ2v) is 4.95. The molecular formula is C15H16N2O3. The van der Waals surface area contributed by atoms with Crippen LogP contribution in [0.3, 0.4) is 0 Å². The van der Waals surface area contributed by atoms with Crippen LogP contribution in [0.5, 0.6) is 0 Å². The van der Waals surface area contributed by atoms with Gasteiger partial charge in [0.2, 0.25) is 11.7 Å². The van der Waals surface area contributed by atoms with Crippen molar-refractivity contribution in [1.29, 1.82) is 0 Å². The second kappa shape index (κ2) is 5.46. The third-order valence-corrected chi connectivity index (χ3v) is 3.47. The number of furan rings is 1. The molecule has 0 atom stereocenters. The topological polar surface area (TPSA) is 62.6 Å². The third-order valence-electron chi connectivity index (χ3n) is 3.47. The van der Waals surface area contributed by atoms with E-state index in [-0.39, 0.29) is 18.2 Å². The zero-order valence-corrected chi connectivity index (χ0v) is 11.1. The molecule has 0 radical (unpaired) electrons. The van der Waals surface area contributed by atoms with Gasteiger partial charge in [0.15, 0.2) is 5.76 Å². The summed E-state index contributed by atoms with van der Waals surface area (Å²) in [6.07, 6.45) is 0.438. The van der Waals surface area contributed by atoms with Crippen molar-refractivity contribution in [3.63, 3.8) is 0 Å². The zero-order valence-electron chi connectivity index (χ0n) is 11.1. The van der Waals surface area contributed by atoms with Gasteiger partial charge in [-0.1, -0.05) is 18.2 Å². The molecule has 20 heavy (non-hydrogen) atoms. The van der Waals surface area contributed by atoms with E-state index in [1.54, 1.807) is 6.07 Å². The number of amides is 1. The fraction of sp³-hybridized carbons (Fsp3) is 0.333. The van der Waals surface area contributed by atoms with E-state index in [1.165, 1.54) is 0 Å². The van der Waals surface area contributed by atoms with Gasteiger partial charge in [-0.25, -0.2) is 0 Å². The Morgan fingerprint density at radius 1 is 1.30 bits per heavy atom. The van der Waals surface area contributed by atoms with Crippen LogP contribution in [0.2, 0.25) is 0 Å². The lowest BCUT2D eigenvalue weighted by Gasteiger charge is -2.16. The Labute approximate surface area is 116 Å². The van der Waals surface area contributed by atoms with Crippen LogP contribution in [-0.2, 0) is 4.79 Å². The molecule has 1 saturated heterocycles. The Bertz CT molecular complexity index is 614. The van der Waals surface area contributed by atoms with Gasteiger partial charge in [-0.15, -0.1) is 0 Å². The summed E-state index contributed by atoms with van der Waals surface area (Å²) in [5.41, 5.74) is 0.726. The van der Waals surface area contributed by atoms with Crippen molar-refractivity contribution >= 4 is 22.7 Å². The molecule has 3 rings (SSSR count). The Balaban J connectivity index is 1.70. The number of benzene rings is 1. The molecule has 5 nitrogen and oxygen atoms in total. The highest BCUT2D eigenvalue weighted by atomic mass is 16.3. The molecule has 2 heterocycles. The summed E-state index contributed by atoms with van der Waals surface area (Å²) in [6, 6.07) is 9.34. The quantitative estimate of drug-likeness (QED) is 0.859. The number of fused-ring (bicyclic) bond motifs is 1. The van der Waals surface area contributed by atoms with E-state index >= 15 is 0 Å². The van der Waals surface area contributed by atoms with E-state index in [4.69, 9.17) is 4.42 Å². The number of carbonyl (C=O) groups is 2. The summed E-state index contributed by atoms with van der Waals surface area (Å²) in [4.78, 5) is 25.5. The number of rotatable bonds is 3. The number of nitrogens with zero attached hydrogens (tertiary/aromatic N) is 1. The lowest BCUT2D eigenvalue weighted by Crippen LogP contribution is -2.33. The molecule has 5 heteroatoms. The van der Waals surface area contributed by atoms with Crippen LogP contribution in [0.15, 0.2) is 34.7 Å². The van der Waals surface area contributed by atoms with Crippen LogP contribution in [-0.4, -0.2) is 42.8 Å². The minimum absolute atomic E-state index is 0.0451. The molecule has 1 aromatic heterocycles. The van der Waals surface area contributed by atoms with Gasteiger partial charge in [0.1, 0.15) is 5.58 Å². The Hall–Kier alpha value is -2.14. The summed E-state index contributed by atoms with van der Waals surface area (Å²) < 4.78 is 5.56. The maximum absolute atomic E-state index is 12.2. The molecule has 104 valence electrons. The molecule has 1 aliphatic rings. The minimum atomic E-state index is -0.0458. The van der Waals surface area contributed by atoms with Gasteiger partial charge in [0.05, 0.1) is 6.54 Å². The first-order valence-electron chi connectivity index (χ1n) is 6.73. The van der Waals surface area contributed by atoms with E-state index in [0.29, 0.717) is 31.8 Å². The molecule has 2 aromatic rings. The molecule has 0 unspecified atom stereocenters. The predicted octanol–water partition coefficient (Wildman–Crippen LogP) is 1.44. The number of para-hydroxylation sites is 1. The highest BCUT2D eigenvalue weighted by molar-refractivity contribution is 5.98. The van der Waals surface area contributed by atoms with Gasteiger partial charge < -0.3 is 9.73 Å². The van der Waals surface area contributed by atoms with Gasteiger partial charge >= 0.3 is 0 Å². The number of hydrogen-bond donors (Lipinski definition) is 1. The minimum Gasteiger partial charge on any atom is -0.453 e. The van der Waals surface area contributed by atoms with Gasteiger partial charge in [-0.05, 0) is 12.1 Å². The van der Waals surface area contributed by atoms with Crippen LogP contribution in [0, 0.1) is 0 Å². The second-order valence-electron chi connectivity index (χ2n) is 4.95. The molecule has 0 spiro atoms. The number of ketones is 1. The van der Waals surface area contributed by atoms with E-state index in [2.05, 4.69) is 5.32 Å². The fourth-order valence-corrected chi connectivity index (χ4v) is 2.37. The molecule has 1 fully saturated rings. The standard InChI is InChI=1S/C15H16N2O3/c18-12(10-17-7-5-15(19)16-6-8-17)14-9-11-3-1-2-4-13(11)20-14/h1-4,9H,5-8,10H2,(H,16,19). The van der Waals surface area contributed by atoms with E-state index < -0.39 is 0 Å². The van der Waals surface area contributed by atoms with Crippen molar-refractivity contribution < 1.29 is 14.0 Å². The average Bonchev–Trinajstić information content (AvgIpc) is 2.78. The first-order valence-corrected chi connectivity index (χ1v) is 6.73. The molecule has 1 aliphatic heterocycles. The number of hydrogen-bond acceptors (Lipinski definition) is 4. The summed E-state index contributed by atoms with van der Waals surface area (Å²) in [7, 11) is 0. The van der Waals surface area contributed by atoms with Gasteiger partial charge in [-0.3, -0.25) is 14.5 Å². The monoisotopic (exact) mass is 272 g/mol. The smallest absolute Gasteiger partial charge is 0.221 e. The summed E-state index contributed by atoms with van der Waals surface area (Å²) in [5, 5.41) is 3.73. The van der Waals surface area contributed by atoms with Crippen LogP contribution >= 0.6 is 0 Å². The van der Waals surface area contributed by atoms with Crippen molar-refractivity contribution in [2.75, 3.05) is 26.2 Å². The molecule has 0 saturated carbocycles. The molecular weight excluding hydrogens is 256 g/mol. The van der Waals surface area contributed by atoms with E-state index in [9.17, 15) is 9.59 Å². The molecule has 0 bridgehead atoms. The zero-order chi connectivity index (χ0) is 13.9. The predicted molar refractivity (Wildman–Crippen MR) is 74.6 cm³/mol. The first-order chi connectivity index (χ1) is 9.72. The number of carbonyl (C=O) groups excluding carboxylic acids is 2. The Morgan fingerprint density at radius 2 is 2.15 bits per heavy atom. The Kier molecular flexibility index (Phi) is 3.52. The first kappa shape index (κ1) is 12.9. The van der Waals surface area contributed by atoms with Crippen molar-refractivity contribution in [2.24, 2.45) is 0 Å². The summed E-state index contributed by atoms with van der Waals surface area (Å²) >= 11 is 0. The van der Waals surface area contributed by atoms with Crippen molar-refractivity contribution in [3.05, 3.63) is 36.1 Å². The van der Waals surface area contributed by atoms with Crippen LogP contribution in [0.25, 0.3) is 11.0 Å². The maximum Gasteiger partial charge on any atom is 0.221 e. The Morgan fingerprint density at radius 3 is 3.00 bits per heavy atom. The average molecular weight is 272 g/mol. The maximum atomic E-state index is 12.2. The molecule has 1 aromatic carbocycles. The molecule has 1 N–H and O–H groups in total. The van der Waals surface area contributed by atoms with Crippen LogP contribution in [0.1, 0.15) is 17.0 Å². The molecule has 0 aliphatic carbocycles. The fourth-order valence-electron chi connectivity index (χ4n) is 2.37. The lowest BCUT2D eigenvalue weighted by atomic mass is 10.2. The van der Waals surface area contributed by atoms with Gasteiger partial charge in [0, 0.05) is 31.4 Å². The summed E-state index contributed by atoms with van der Waals surface area (Å²) in [6.45, 7) is 2.18. The highest BCUT2D eigenvalue weighted by Crippen LogP contribution is 2.19. The molecule has 1 amide bonds. The van der Waals surface area contributed by atoms with Gasteiger partial charge in [0.25, 0.3) is 0 Å². The normalized spacial score (nSPS) is 16.9. The van der Waals surface area contributed by atoms with E-state index in [0.717, 1.165) is 11.0 Å². The SMILES string of the molecule is O=C1CCN(CC(=O)c2cc3ccccc3o2)CCN1. The number of Topliss-reactive ketones (excluding diaryl/α,β-unsaturated/α-hetero) is 1. The highest BCUT2D eigenvalue weighted by Gasteiger charge is 2.19. The van der Waals surface area contributed by atoms with Crippen molar-refractivity contribution in [3.8, 4) is 0 Å². The lowest BCUT2D eigenvalue weighted by molar-refractivity contribution is -0.120. The van der Waals surface area contributed by atoms with Crippen LogP contribution in [0.4, 0.5) is 0 Å². The largest absolute Gasteiger partial charge is 0.453 e. The van der Waals surface area contributed by atoms with Gasteiger partial charge in [-0.2, -0.15) is 0 Å². The third kappa shape index (κ3) is 2.72. The van der Waals surface area contributed by atoms with Crippen molar-refractivity contribution in [1.82, 2.24) is 10.2 Å². The van der Waals surface area contributed by atoms with E-state index in [1.807, 2.05) is 29.2 Å². The number of nitrogens with one attached hydrogen (secondary N) is 1. The van der Waals surface area contributed by atoms with Crippen molar-refractivity contribution in [2.45, 2.75) is 6.42 Å². The van der Waals surface area contributed by atoms with Crippen LogP contribution < -0.4 is 5.32 Å². The summed E-state index contributed by atoms with van der Waals surface area (Å²) in [5.74, 6) is 0.383.